The average molecular weight is 924 g/mol. The molecule has 3 saturated heterocycles. The second-order valence-corrected chi connectivity index (χ2v) is 17.7. The first-order valence-electron chi connectivity index (χ1n) is 21.5. The quantitative estimate of drug-likeness (QED) is 0.0918. The SMILES string of the molecule is C[C@H](O)[C@@H](NC(=O)[C@@]12C[C@H]3OC(=O)[C@@H]1N(Cc1cccc(C=CC(=O)OCC(F)(F)F)c1)O[C@@H]2[C@H]1OC(c2ccccc2)(c2ccccc2)O[C@H]13)C(=O)N[C@H](CO)CCC(=O)OC(C)(C)C. The number of hydrogen-bond donors (Lipinski definition) is 4. The lowest BCUT2D eigenvalue weighted by Gasteiger charge is -2.49. The molecular weight excluding hydrogens is 872 g/mol. The van der Waals surface area contributed by atoms with Crippen molar-refractivity contribution >= 4 is 35.8 Å². The fourth-order valence-electron chi connectivity index (χ4n) is 8.89. The summed E-state index contributed by atoms with van der Waals surface area (Å²) in [6.07, 6.45) is -8.91. The highest BCUT2D eigenvalue weighted by Gasteiger charge is 2.76. The second kappa shape index (κ2) is 19.3. The molecule has 7 rings (SSSR count). The van der Waals surface area contributed by atoms with Gasteiger partial charge in [0.15, 0.2) is 12.6 Å². The van der Waals surface area contributed by atoms with Crippen LogP contribution in [0, 0.1) is 5.41 Å². The molecule has 0 unspecified atom stereocenters. The zero-order chi connectivity index (χ0) is 47.6. The number of esters is 3. The fraction of sp³-hybridized carbons (Fsp3) is 0.468. The normalized spacial score (nSPS) is 25.8. The molecule has 3 aliphatic heterocycles. The summed E-state index contributed by atoms with van der Waals surface area (Å²) < 4.78 is 67.4. The van der Waals surface area contributed by atoms with E-state index in [1.165, 1.54) is 18.1 Å². The number of hydrogen-bond acceptors (Lipinski definition) is 14. The Labute approximate surface area is 378 Å². The predicted octanol–water partition coefficient (Wildman–Crippen LogP) is 3.76. The standard InChI is InChI=1S/C47H52F3N3O13/c1-27(55)36(41(58)51-32(25-54)19-21-35(57)63-44(2,3)4)52-43(60)45-23-33-37-38(65-47(64-37,30-14-7-5-8-15-30)31-16-9-6-10-17-31)40(45)66-53(39(45)42(59)62-33)24-29-13-11-12-28(22-29)18-20-34(56)61-26-46(48,49)50/h5-18,20,22,27,32-33,36-40,54-55H,19,21,23-26H2,1-4H3,(H,51,58)(H,52,60)/t27-,32-,33+,36+,37-,38-,39-,40+,45-/m0/s1. The maximum absolute atomic E-state index is 15.2. The summed E-state index contributed by atoms with van der Waals surface area (Å²) in [5.74, 6) is -5.94. The number of hydroxylamine groups is 2. The van der Waals surface area contributed by atoms with Crippen LogP contribution in [0.25, 0.3) is 6.08 Å². The molecule has 4 aliphatic rings. The van der Waals surface area contributed by atoms with Crippen molar-refractivity contribution in [3.05, 3.63) is 113 Å². The zero-order valence-corrected chi connectivity index (χ0v) is 36.6. The van der Waals surface area contributed by atoms with Gasteiger partial charge in [-0.2, -0.15) is 18.2 Å². The van der Waals surface area contributed by atoms with Crippen LogP contribution in [-0.4, -0.2) is 119 Å². The molecule has 66 heavy (non-hydrogen) atoms. The number of benzene rings is 3. The first-order chi connectivity index (χ1) is 31.2. The Balaban J connectivity index is 1.21. The number of ether oxygens (including phenoxy) is 5. The minimum atomic E-state index is -4.71. The number of rotatable bonds is 16. The Morgan fingerprint density at radius 1 is 0.939 bits per heavy atom. The number of fused-ring (bicyclic) bond motifs is 4. The first-order valence-corrected chi connectivity index (χ1v) is 21.5. The highest BCUT2D eigenvalue weighted by molar-refractivity contribution is 5.96. The van der Waals surface area contributed by atoms with Crippen molar-refractivity contribution < 1.29 is 75.9 Å². The number of alkyl halides is 3. The summed E-state index contributed by atoms with van der Waals surface area (Å²) in [5.41, 5.74) is -0.557. The largest absolute Gasteiger partial charge is 0.460 e. The van der Waals surface area contributed by atoms with E-state index in [1.807, 2.05) is 36.4 Å². The lowest BCUT2D eigenvalue weighted by Crippen LogP contribution is -2.71. The van der Waals surface area contributed by atoms with Gasteiger partial charge in [0.1, 0.15) is 41.5 Å². The molecule has 3 heterocycles. The number of carbonyl (C=O) groups excluding carboxylic acids is 5. The van der Waals surface area contributed by atoms with Gasteiger partial charge in [0, 0.05) is 30.0 Å². The molecule has 9 atom stereocenters. The topological polar surface area (TPSA) is 208 Å². The van der Waals surface area contributed by atoms with Crippen molar-refractivity contribution in [1.82, 2.24) is 15.7 Å². The third-order valence-corrected chi connectivity index (χ3v) is 11.7. The highest BCUT2D eigenvalue weighted by Crippen LogP contribution is 2.59. The van der Waals surface area contributed by atoms with Gasteiger partial charge in [-0.1, -0.05) is 84.9 Å². The number of aliphatic hydroxyl groups excluding tert-OH is 2. The maximum atomic E-state index is 15.2. The molecule has 19 heteroatoms. The van der Waals surface area contributed by atoms with Gasteiger partial charge in [-0.05, 0) is 51.3 Å². The number of aliphatic hydroxyl groups is 2. The molecule has 0 spiro atoms. The van der Waals surface area contributed by atoms with Crippen molar-refractivity contribution in [3.8, 4) is 0 Å². The molecule has 0 radical (unpaired) electrons. The molecule has 16 nitrogen and oxygen atoms in total. The molecule has 4 N–H and O–H groups in total. The maximum Gasteiger partial charge on any atom is 0.422 e. The van der Waals surface area contributed by atoms with Crippen LogP contribution in [0.3, 0.4) is 0 Å². The Bertz CT molecular complexity index is 2250. The van der Waals surface area contributed by atoms with Crippen LogP contribution < -0.4 is 10.6 Å². The van der Waals surface area contributed by atoms with Crippen LogP contribution in [0.15, 0.2) is 91.0 Å². The van der Waals surface area contributed by atoms with Crippen LogP contribution >= 0.6 is 0 Å². The van der Waals surface area contributed by atoms with Gasteiger partial charge in [-0.3, -0.25) is 24.0 Å². The van der Waals surface area contributed by atoms with Crippen LogP contribution in [0.4, 0.5) is 13.2 Å². The van der Waals surface area contributed by atoms with Crippen molar-refractivity contribution in [1.29, 1.82) is 0 Å². The Morgan fingerprint density at radius 3 is 2.20 bits per heavy atom. The first kappa shape index (κ1) is 48.2. The Kier molecular flexibility index (Phi) is 14.1. The van der Waals surface area contributed by atoms with E-state index in [4.69, 9.17) is 23.8 Å². The van der Waals surface area contributed by atoms with Gasteiger partial charge in [-0.15, -0.1) is 0 Å². The second-order valence-electron chi connectivity index (χ2n) is 17.7. The van der Waals surface area contributed by atoms with Crippen molar-refractivity contribution in [2.45, 2.75) is 120 Å². The van der Waals surface area contributed by atoms with E-state index in [-0.39, 0.29) is 25.8 Å². The lowest BCUT2D eigenvalue weighted by molar-refractivity contribution is -0.213. The molecular formula is C47H52F3N3O13. The summed E-state index contributed by atoms with van der Waals surface area (Å²) in [6, 6.07) is 20.5. The van der Waals surface area contributed by atoms with E-state index < -0.39 is 115 Å². The number of nitrogens with one attached hydrogen (secondary N) is 2. The van der Waals surface area contributed by atoms with Gasteiger partial charge >= 0.3 is 24.1 Å². The van der Waals surface area contributed by atoms with Crippen LogP contribution in [0.5, 0.6) is 0 Å². The van der Waals surface area contributed by atoms with Gasteiger partial charge in [0.25, 0.3) is 0 Å². The summed E-state index contributed by atoms with van der Waals surface area (Å²) in [7, 11) is 0. The third-order valence-electron chi connectivity index (χ3n) is 11.7. The number of halogens is 3. The van der Waals surface area contributed by atoms with Gasteiger partial charge in [-0.25, -0.2) is 4.79 Å². The van der Waals surface area contributed by atoms with E-state index in [2.05, 4.69) is 15.4 Å². The number of carbonyl (C=O) groups is 5. The molecule has 2 amide bonds. The Hall–Kier alpha value is -5.70. The zero-order valence-electron chi connectivity index (χ0n) is 36.6. The minimum absolute atomic E-state index is 0.0217. The predicted molar refractivity (Wildman–Crippen MR) is 225 cm³/mol. The summed E-state index contributed by atoms with van der Waals surface area (Å²) in [5, 5.41) is 27.7. The van der Waals surface area contributed by atoms with Crippen molar-refractivity contribution in [2.24, 2.45) is 5.41 Å². The molecule has 1 aliphatic carbocycles. The molecule has 0 aromatic heterocycles. The average Bonchev–Trinajstić information content (AvgIpc) is 3.85. The molecule has 2 bridgehead atoms. The molecule has 3 aromatic rings. The van der Waals surface area contributed by atoms with E-state index in [9.17, 15) is 42.6 Å². The summed E-state index contributed by atoms with van der Waals surface area (Å²) >= 11 is 0. The van der Waals surface area contributed by atoms with Gasteiger partial charge in [0.05, 0.1) is 25.3 Å². The smallest absolute Gasteiger partial charge is 0.422 e. The van der Waals surface area contributed by atoms with E-state index >= 15 is 4.79 Å². The highest BCUT2D eigenvalue weighted by atomic mass is 19.4. The van der Waals surface area contributed by atoms with E-state index in [0.717, 1.165) is 6.08 Å². The van der Waals surface area contributed by atoms with E-state index in [0.29, 0.717) is 22.3 Å². The van der Waals surface area contributed by atoms with Gasteiger partial charge < -0.3 is 44.5 Å². The van der Waals surface area contributed by atoms with E-state index in [1.54, 1.807) is 69.3 Å². The van der Waals surface area contributed by atoms with Crippen LogP contribution in [0.2, 0.25) is 0 Å². The van der Waals surface area contributed by atoms with Crippen LogP contribution in [-0.2, 0) is 64.8 Å². The Morgan fingerprint density at radius 2 is 1.59 bits per heavy atom. The van der Waals surface area contributed by atoms with Crippen molar-refractivity contribution in [2.75, 3.05) is 13.2 Å². The fourth-order valence-corrected chi connectivity index (χ4v) is 8.89. The lowest BCUT2D eigenvalue weighted by atomic mass is 9.62. The minimum Gasteiger partial charge on any atom is -0.460 e. The molecule has 4 fully saturated rings. The third kappa shape index (κ3) is 10.3. The molecule has 1 saturated carbocycles. The van der Waals surface area contributed by atoms with Gasteiger partial charge in [0.2, 0.25) is 17.6 Å². The van der Waals surface area contributed by atoms with Crippen LogP contribution in [0.1, 0.15) is 69.2 Å². The molecule has 3 aromatic carbocycles. The van der Waals surface area contributed by atoms with Crippen molar-refractivity contribution in [3.63, 3.8) is 0 Å². The monoisotopic (exact) mass is 923 g/mol. The molecule has 354 valence electrons. The summed E-state index contributed by atoms with van der Waals surface area (Å²) in [6.45, 7) is 3.87. The summed E-state index contributed by atoms with van der Waals surface area (Å²) in [4.78, 5) is 74.7. The number of amides is 2. The number of nitrogens with zero attached hydrogens (tertiary/aromatic N) is 1.